The smallest absolute Gasteiger partial charge is 0.275 e. The molecule has 96 valence electrons. The largest absolute Gasteiger partial charge is 0.325 e. The Labute approximate surface area is 113 Å². The molecule has 0 radical (unpaired) electrons. The third kappa shape index (κ3) is 2.16. The lowest BCUT2D eigenvalue weighted by molar-refractivity contribution is 0.873. The van der Waals surface area contributed by atoms with E-state index in [-0.39, 0.29) is 12.1 Å². The monoisotopic (exact) mass is 272 g/mol. The van der Waals surface area contributed by atoms with Gasteiger partial charge in [0, 0.05) is 18.2 Å². The summed E-state index contributed by atoms with van der Waals surface area (Å²) in [5.74, 6) is 0. The van der Waals surface area contributed by atoms with Crippen LogP contribution >= 0.6 is 11.3 Å². The average molecular weight is 272 g/mol. The van der Waals surface area contributed by atoms with Crippen LogP contribution in [0.15, 0.2) is 35.1 Å². The Kier molecular flexibility index (Phi) is 2.88. The summed E-state index contributed by atoms with van der Waals surface area (Å²) < 4.78 is 1.32. The molecule has 0 fully saturated rings. The van der Waals surface area contributed by atoms with Gasteiger partial charge in [0.2, 0.25) is 4.96 Å². The van der Waals surface area contributed by atoms with Crippen molar-refractivity contribution in [1.82, 2.24) is 14.6 Å². The number of benzene rings is 1. The standard InChI is InChI=1S/C13H12N4OS/c1-8-2-4-9(5-3-8)12-16-17-11(18)6-10(7-14)15-13(17)19-12/h2-6H,7,14H2,1H3. The molecule has 2 aromatic heterocycles. The third-order valence-corrected chi connectivity index (χ3v) is 3.76. The van der Waals surface area contributed by atoms with Gasteiger partial charge in [-0.25, -0.2) is 4.98 Å². The van der Waals surface area contributed by atoms with E-state index in [4.69, 9.17) is 5.73 Å². The van der Waals surface area contributed by atoms with Crippen molar-refractivity contribution in [3.8, 4) is 10.6 Å². The lowest BCUT2D eigenvalue weighted by Crippen LogP contribution is -2.16. The van der Waals surface area contributed by atoms with Gasteiger partial charge in [0.1, 0.15) is 5.01 Å². The SMILES string of the molecule is Cc1ccc(-c2nn3c(=O)cc(CN)nc3s2)cc1. The molecule has 3 aromatic rings. The molecule has 1 aromatic carbocycles. The molecular weight excluding hydrogens is 260 g/mol. The van der Waals surface area contributed by atoms with Gasteiger partial charge in [-0.15, -0.1) is 0 Å². The molecular formula is C13H12N4OS. The number of aryl methyl sites for hydroxylation is 1. The highest BCUT2D eigenvalue weighted by atomic mass is 32.1. The van der Waals surface area contributed by atoms with Crippen LogP contribution in [0.3, 0.4) is 0 Å². The van der Waals surface area contributed by atoms with Crippen molar-refractivity contribution in [2.45, 2.75) is 13.5 Å². The van der Waals surface area contributed by atoms with Crippen LogP contribution in [0.2, 0.25) is 0 Å². The van der Waals surface area contributed by atoms with Gasteiger partial charge in [-0.3, -0.25) is 4.79 Å². The molecule has 2 N–H and O–H groups in total. The molecule has 0 aliphatic rings. The fourth-order valence-corrected chi connectivity index (χ4v) is 2.70. The second-order valence-electron chi connectivity index (χ2n) is 4.26. The summed E-state index contributed by atoms with van der Waals surface area (Å²) in [5, 5.41) is 5.08. The number of nitrogens with zero attached hydrogens (tertiary/aromatic N) is 3. The van der Waals surface area contributed by atoms with Crippen LogP contribution in [0, 0.1) is 6.92 Å². The minimum atomic E-state index is -0.194. The van der Waals surface area contributed by atoms with Crippen molar-refractivity contribution in [3.63, 3.8) is 0 Å². The number of aromatic nitrogens is 3. The summed E-state index contributed by atoms with van der Waals surface area (Å²) in [5.41, 5.74) is 8.08. The highest BCUT2D eigenvalue weighted by molar-refractivity contribution is 7.19. The van der Waals surface area contributed by atoms with Crippen molar-refractivity contribution in [2.24, 2.45) is 5.73 Å². The van der Waals surface area contributed by atoms with Crippen molar-refractivity contribution >= 4 is 16.3 Å². The number of nitrogens with two attached hydrogens (primary N) is 1. The fourth-order valence-electron chi connectivity index (χ4n) is 1.77. The zero-order valence-electron chi connectivity index (χ0n) is 10.3. The quantitative estimate of drug-likeness (QED) is 0.768. The molecule has 0 saturated carbocycles. The summed E-state index contributed by atoms with van der Waals surface area (Å²) >= 11 is 1.39. The van der Waals surface area contributed by atoms with Crippen LogP contribution in [-0.2, 0) is 6.54 Å². The normalized spacial score (nSPS) is 11.1. The van der Waals surface area contributed by atoms with E-state index in [0.29, 0.717) is 10.7 Å². The topological polar surface area (TPSA) is 73.3 Å². The second-order valence-corrected chi connectivity index (χ2v) is 5.21. The molecule has 19 heavy (non-hydrogen) atoms. The van der Waals surface area contributed by atoms with E-state index in [2.05, 4.69) is 10.1 Å². The first kappa shape index (κ1) is 12.0. The van der Waals surface area contributed by atoms with Gasteiger partial charge >= 0.3 is 0 Å². The Morgan fingerprint density at radius 2 is 2.05 bits per heavy atom. The first-order valence-corrected chi connectivity index (χ1v) is 6.66. The van der Waals surface area contributed by atoms with Crippen LogP contribution in [0.4, 0.5) is 0 Å². The van der Waals surface area contributed by atoms with E-state index in [1.54, 1.807) is 0 Å². The van der Waals surface area contributed by atoms with E-state index in [1.165, 1.54) is 27.5 Å². The molecule has 0 atom stereocenters. The molecule has 0 saturated heterocycles. The maximum Gasteiger partial charge on any atom is 0.275 e. The van der Waals surface area contributed by atoms with Gasteiger partial charge in [-0.05, 0) is 6.92 Å². The van der Waals surface area contributed by atoms with E-state index in [0.717, 1.165) is 10.6 Å². The molecule has 2 heterocycles. The molecule has 0 aliphatic carbocycles. The Balaban J connectivity index is 2.18. The van der Waals surface area contributed by atoms with Gasteiger partial charge in [0.25, 0.3) is 5.56 Å². The maximum atomic E-state index is 11.9. The van der Waals surface area contributed by atoms with Gasteiger partial charge in [-0.2, -0.15) is 9.61 Å². The summed E-state index contributed by atoms with van der Waals surface area (Å²) in [7, 11) is 0. The van der Waals surface area contributed by atoms with Crippen LogP contribution in [-0.4, -0.2) is 14.6 Å². The van der Waals surface area contributed by atoms with E-state index in [1.807, 2.05) is 31.2 Å². The van der Waals surface area contributed by atoms with Gasteiger partial charge < -0.3 is 5.73 Å². The van der Waals surface area contributed by atoms with Gasteiger partial charge in [0.05, 0.1) is 5.69 Å². The lowest BCUT2D eigenvalue weighted by Gasteiger charge is -1.95. The van der Waals surface area contributed by atoms with Crippen LogP contribution in [0.1, 0.15) is 11.3 Å². The summed E-state index contributed by atoms with van der Waals surface area (Å²) in [4.78, 5) is 16.8. The molecule has 0 aliphatic heterocycles. The summed E-state index contributed by atoms with van der Waals surface area (Å²) in [6.45, 7) is 2.28. The van der Waals surface area contributed by atoms with E-state index >= 15 is 0 Å². The van der Waals surface area contributed by atoms with Crippen LogP contribution in [0.5, 0.6) is 0 Å². The first-order chi connectivity index (χ1) is 9.17. The zero-order chi connectivity index (χ0) is 13.4. The minimum Gasteiger partial charge on any atom is -0.325 e. The highest BCUT2D eigenvalue weighted by Crippen LogP contribution is 2.24. The average Bonchev–Trinajstić information content (AvgIpc) is 2.84. The van der Waals surface area contributed by atoms with Crippen molar-refractivity contribution < 1.29 is 0 Å². The third-order valence-electron chi connectivity index (χ3n) is 2.81. The Hall–Kier alpha value is -2.05. The molecule has 6 heteroatoms. The Morgan fingerprint density at radius 1 is 1.32 bits per heavy atom. The first-order valence-electron chi connectivity index (χ1n) is 5.84. The van der Waals surface area contributed by atoms with Crippen LogP contribution < -0.4 is 11.3 Å². The van der Waals surface area contributed by atoms with Crippen molar-refractivity contribution in [3.05, 3.63) is 51.9 Å². The predicted molar refractivity (Wildman–Crippen MR) is 75.2 cm³/mol. The number of hydrogen-bond acceptors (Lipinski definition) is 5. The van der Waals surface area contributed by atoms with E-state index in [9.17, 15) is 4.79 Å². The number of hydrogen-bond donors (Lipinski definition) is 1. The fraction of sp³-hybridized carbons (Fsp3) is 0.154. The Morgan fingerprint density at radius 3 is 2.74 bits per heavy atom. The maximum absolute atomic E-state index is 11.9. The second kappa shape index (κ2) is 4.56. The van der Waals surface area contributed by atoms with Gasteiger partial charge in [0.15, 0.2) is 0 Å². The molecule has 0 amide bonds. The zero-order valence-corrected chi connectivity index (χ0v) is 11.1. The lowest BCUT2D eigenvalue weighted by atomic mass is 10.2. The number of fused-ring (bicyclic) bond motifs is 1. The molecule has 5 nitrogen and oxygen atoms in total. The van der Waals surface area contributed by atoms with Crippen LogP contribution in [0.25, 0.3) is 15.5 Å². The van der Waals surface area contributed by atoms with E-state index < -0.39 is 0 Å². The van der Waals surface area contributed by atoms with Crippen molar-refractivity contribution in [2.75, 3.05) is 0 Å². The van der Waals surface area contributed by atoms with Gasteiger partial charge in [-0.1, -0.05) is 41.2 Å². The molecule has 3 rings (SSSR count). The predicted octanol–water partition coefficient (Wildman–Crippen LogP) is 1.59. The summed E-state index contributed by atoms with van der Waals surface area (Å²) in [6.07, 6.45) is 0. The minimum absolute atomic E-state index is 0.194. The van der Waals surface area contributed by atoms with Crippen molar-refractivity contribution in [1.29, 1.82) is 0 Å². The Bertz CT molecular complexity index is 789. The summed E-state index contributed by atoms with van der Waals surface area (Å²) in [6, 6.07) is 9.43. The molecule has 0 unspecified atom stereocenters. The number of rotatable bonds is 2. The highest BCUT2D eigenvalue weighted by Gasteiger charge is 2.09. The molecule has 0 spiro atoms. The molecule has 0 bridgehead atoms.